The third-order valence-electron chi connectivity index (χ3n) is 8.24. The first-order chi connectivity index (χ1) is 20.9. The molecule has 4 bridgehead atoms. The zero-order valence-corrected chi connectivity index (χ0v) is 26.4. The SMILES string of the molecule is Cc1cccc(C)c1-c1cc2nc(n1)NS(=O)(=O)c1cccc(c1)C(=O)N(C/C(=C/NC=O)N(C)C)[C@H](CC1(C)CC1)CO2. The molecule has 2 aromatic carbocycles. The van der Waals surface area contributed by atoms with Crippen LogP contribution in [0.1, 0.15) is 47.7 Å². The van der Waals surface area contributed by atoms with Gasteiger partial charge in [-0.2, -0.15) is 4.98 Å². The van der Waals surface area contributed by atoms with Crippen LogP contribution in [0.3, 0.4) is 0 Å². The van der Waals surface area contributed by atoms with E-state index in [0.717, 1.165) is 29.5 Å². The molecule has 12 heteroatoms. The number of carbonyl (C=O) groups is 2. The maximum atomic E-state index is 14.3. The molecule has 1 aliphatic heterocycles. The normalized spacial score (nSPS) is 18.9. The van der Waals surface area contributed by atoms with Crippen molar-refractivity contribution in [2.75, 3.05) is 32.0 Å². The van der Waals surface area contributed by atoms with Gasteiger partial charge in [0, 0.05) is 43.2 Å². The van der Waals surface area contributed by atoms with Gasteiger partial charge in [0.15, 0.2) is 0 Å². The molecule has 0 spiro atoms. The van der Waals surface area contributed by atoms with Crippen molar-refractivity contribution in [2.24, 2.45) is 5.41 Å². The first-order valence-electron chi connectivity index (χ1n) is 14.5. The summed E-state index contributed by atoms with van der Waals surface area (Å²) in [6.07, 6.45) is 4.84. The van der Waals surface area contributed by atoms with Gasteiger partial charge in [0.2, 0.25) is 18.2 Å². The molecule has 1 aliphatic carbocycles. The van der Waals surface area contributed by atoms with Crippen LogP contribution in [0.25, 0.3) is 11.3 Å². The van der Waals surface area contributed by atoms with Crippen LogP contribution in [-0.2, 0) is 14.8 Å². The van der Waals surface area contributed by atoms with Gasteiger partial charge in [-0.25, -0.2) is 18.1 Å². The highest BCUT2D eigenvalue weighted by Crippen LogP contribution is 2.49. The minimum Gasteiger partial charge on any atom is -0.475 e. The molecule has 0 unspecified atom stereocenters. The van der Waals surface area contributed by atoms with Crippen LogP contribution in [0.5, 0.6) is 5.88 Å². The molecule has 232 valence electrons. The highest BCUT2D eigenvalue weighted by Gasteiger charge is 2.42. The largest absolute Gasteiger partial charge is 0.475 e. The minimum atomic E-state index is -4.17. The monoisotopic (exact) mass is 618 g/mol. The van der Waals surface area contributed by atoms with Gasteiger partial charge < -0.3 is 19.9 Å². The zero-order chi connectivity index (χ0) is 31.6. The smallest absolute Gasteiger partial charge is 0.264 e. The molecule has 44 heavy (non-hydrogen) atoms. The van der Waals surface area contributed by atoms with Crippen molar-refractivity contribution in [3.05, 3.63) is 77.1 Å². The summed E-state index contributed by atoms with van der Waals surface area (Å²) in [6, 6.07) is 13.1. The quantitative estimate of drug-likeness (QED) is 0.361. The van der Waals surface area contributed by atoms with Gasteiger partial charge in [-0.3, -0.25) is 9.59 Å². The number of hydrogen-bond donors (Lipinski definition) is 2. The first-order valence-corrected chi connectivity index (χ1v) is 16.0. The molecule has 0 saturated heterocycles. The van der Waals surface area contributed by atoms with E-state index in [1.807, 2.05) is 51.0 Å². The second-order valence-electron chi connectivity index (χ2n) is 12.0. The maximum absolute atomic E-state index is 14.3. The lowest BCUT2D eigenvalue weighted by atomic mass is 9.97. The fourth-order valence-electron chi connectivity index (χ4n) is 5.45. The van der Waals surface area contributed by atoms with E-state index < -0.39 is 16.1 Å². The molecular formula is C32H38N6O5S. The Hall–Kier alpha value is -4.45. The van der Waals surface area contributed by atoms with Crippen molar-refractivity contribution >= 4 is 28.3 Å². The van der Waals surface area contributed by atoms with Crippen molar-refractivity contribution < 1.29 is 22.7 Å². The summed E-state index contributed by atoms with van der Waals surface area (Å²) in [5.74, 6) is -0.297. The van der Waals surface area contributed by atoms with Gasteiger partial charge in [-0.05, 0) is 67.9 Å². The number of likely N-dealkylation sites (N-methyl/N-ethyl adjacent to an activating group) is 1. The third kappa shape index (κ3) is 6.85. The van der Waals surface area contributed by atoms with E-state index in [2.05, 4.69) is 26.9 Å². The average Bonchev–Trinajstić information content (AvgIpc) is 3.70. The summed E-state index contributed by atoms with van der Waals surface area (Å²) in [4.78, 5) is 37.8. The summed E-state index contributed by atoms with van der Waals surface area (Å²) in [6.45, 7) is 6.38. The van der Waals surface area contributed by atoms with Gasteiger partial charge in [0.1, 0.15) is 6.61 Å². The topological polar surface area (TPSA) is 134 Å². The summed E-state index contributed by atoms with van der Waals surface area (Å²) >= 11 is 0. The molecule has 1 aromatic heterocycles. The number of hydrogen-bond acceptors (Lipinski definition) is 8. The Kier molecular flexibility index (Phi) is 8.64. The van der Waals surface area contributed by atoms with Crippen molar-refractivity contribution in [1.29, 1.82) is 0 Å². The molecule has 1 fully saturated rings. The number of rotatable bonds is 8. The van der Waals surface area contributed by atoms with Crippen LogP contribution < -0.4 is 14.8 Å². The minimum absolute atomic E-state index is 0.0382. The Morgan fingerprint density at radius 3 is 2.50 bits per heavy atom. The second kappa shape index (κ2) is 12.3. The van der Waals surface area contributed by atoms with Crippen LogP contribution in [0.4, 0.5) is 5.95 Å². The van der Waals surface area contributed by atoms with Crippen LogP contribution in [0, 0.1) is 19.3 Å². The maximum Gasteiger partial charge on any atom is 0.264 e. The molecule has 0 radical (unpaired) electrons. The van der Waals surface area contributed by atoms with Crippen molar-refractivity contribution in [1.82, 2.24) is 25.1 Å². The summed E-state index contributed by atoms with van der Waals surface area (Å²) < 4.78 is 36.0. The number of ether oxygens (including phenoxy) is 1. The van der Waals surface area contributed by atoms with E-state index in [-0.39, 0.29) is 46.8 Å². The zero-order valence-electron chi connectivity index (χ0n) is 25.6. The number of nitrogens with one attached hydrogen (secondary N) is 2. The van der Waals surface area contributed by atoms with Crippen LogP contribution in [0.15, 0.2) is 65.3 Å². The van der Waals surface area contributed by atoms with Gasteiger partial charge in [-0.1, -0.05) is 31.2 Å². The van der Waals surface area contributed by atoms with E-state index in [0.29, 0.717) is 24.2 Å². The van der Waals surface area contributed by atoms with Crippen LogP contribution in [0.2, 0.25) is 0 Å². The van der Waals surface area contributed by atoms with Gasteiger partial charge in [-0.15, -0.1) is 0 Å². The molecule has 2 aliphatic rings. The number of benzene rings is 2. The summed E-state index contributed by atoms with van der Waals surface area (Å²) in [7, 11) is -0.516. The Morgan fingerprint density at radius 2 is 1.84 bits per heavy atom. The Balaban J connectivity index is 1.67. The van der Waals surface area contributed by atoms with E-state index in [1.165, 1.54) is 12.1 Å². The number of amides is 2. The number of carbonyl (C=O) groups excluding carboxylic acids is 2. The number of anilines is 1. The van der Waals surface area contributed by atoms with Crippen LogP contribution in [-0.4, -0.2) is 73.8 Å². The molecule has 5 rings (SSSR count). The second-order valence-corrected chi connectivity index (χ2v) is 13.7. The lowest BCUT2D eigenvalue weighted by Gasteiger charge is -2.35. The Morgan fingerprint density at radius 1 is 1.14 bits per heavy atom. The standard InChI is InChI=1S/C32H38N6O5S/c1-21-8-6-9-22(2)29(21)27-15-28-35-31(34-27)36-44(41,42)26-11-7-10-23(14-26)30(40)38(18-25(37(4)5)17-33-20-39)24(19-43-28)16-32(3)12-13-32/h6-11,14-15,17,20,24H,12-13,16,18-19H2,1-5H3,(H,33,39)(H,34,35,36)/b25-17-/t24-/m1/s1. The lowest BCUT2D eigenvalue weighted by Crippen LogP contribution is -2.47. The highest BCUT2D eigenvalue weighted by atomic mass is 32.2. The number of aryl methyl sites for hydroxylation is 2. The van der Waals surface area contributed by atoms with Crippen LogP contribution >= 0.6 is 0 Å². The molecule has 1 saturated carbocycles. The summed E-state index contributed by atoms with van der Waals surface area (Å²) in [5.41, 5.74) is 4.24. The molecule has 2 heterocycles. The van der Waals surface area contributed by atoms with Crippen molar-refractivity contribution in [2.45, 2.75) is 51.0 Å². The number of nitrogens with zero attached hydrogens (tertiary/aromatic N) is 4. The van der Waals surface area contributed by atoms with Gasteiger partial charge in [0.05, 0.1) is 23.2 Å². The molecule has 11 nitrogen and oxygen atoms in total. The van der Waals surface area contributed by atoms with E-state index in [9.17, 15) is 18.0 Å². The Bertz CT molecular complexity index is 1700. The molecule has 2 N–H and O–H groups in total. The van der Waals surface area contributed by atoms with E-state index >= 15 is 0 Å². The fraction of sp³-hybridized carbons (Fsp3) is 0.375. The number of aromatic nitrogens is 2. The summed E-state index contributed by atoms with van der Waals surface area (Å²) in [5, 5.41) is 2.58. The van der Waals surface area contributed by atoms with Crippen molar-refractivity contribution in [3.63, 3.8) is 0 Å². The lowest BCUT2D eigenvalue weighted by molar-refractivity contribution is -0.108. The highest BCUT2D eigenvalue weighted by molar-refractivity contribution is 7.92. The molecule has 3 aromatic rings. The number of sulfonamides is 1. The fourth-order valence-corrected chi connectivity index (χ4v) is 6.44. The predicted octanol–water partition coefficient (Wildman–Crippen LogP) is 4.10. The van der Waals surface area contributed by atoms with Gasteiger partial charge >= 0.3 is 0 Å². The average molecular weight is 619 g/mol. The number of fused-ring (bicyclic) bond motifs is 4. The third-order valence-corrected chi connectivity index (χ3v) is 9.56. The Labute approximate surface area is 258 Å². The first kappa shape index (κ1) is 31.0. The molecule has 1 atom stereocenters. The van der Waals surface area contributed by atoms with E-state index in [1.54, 1.807) is 29.3 Å². The van der Waals surface area contributed by atoms with E-state index in [4.69, 9.17) is 4.74 Å². The van der Waals surface area contributed by atoms with Crippen molar-refractivity contribution in [3.8, 4) is 17.1 Å². The van der Waals surface area contributed by atoms with Gasteiger partial charge in [0.25, 0.3) is 15.9 Å². The molecular weight excluding hydrogens is 580 g/mol. The molecule has 2 amide bonds. The predicted molar refractivity (Wildman–Crippen MR) is 167 cm³/mol.